The number of esters is 2. The third kappa shape index (κ3) is 6.13. The lowest BCUT2D eigenvalue weighted by Gasteiger charge is -2.11. The topological polar surface area (TPSA) is 144 Å². The molecule has 0 saturated carbocycles. The molecule has 1 aromatic heterocycles. The number of nitrogens with zero attached hydrogens (tertiary/aromatic N) is 3. The summed E-state index contributed by atoms with van der Waals surface area (Å²) < 4.78 is 22.5. The van der Waals surface area contributed by atoms with E-state index in [1.165, 1.54) is 7.05 Å². The average molecular weight is 427 g/mol. The molecule has 3 rings (SSSR count). The molecular formula is C18H25N3O9. The number of rotatable bonds is 12. The molecule has 12 nitrogen and oxygen atoms in total. The lowest BCUT2D eigenvalue weighted by molar-refractivity contribution is -0.145. The van der Waals surface area contributed by atoms with Crippen LogP contribution in [0.3, 0.4) is 0 Å². The largest absolute Gasteiger partial charge is 0.463 e. The van der Waals surface area contributed by atoms with E-state index in [0.717, 1.165) is 13.7 Å². The van der Waals surface area contributed by atoms with Crippen LogP contribution < -0.4 is 17.1 Å². The minimum atomic E-state index is -0.775. The van der Waals surface area contributed by atoms with Gasteiger partial charge in [-0.2, -0.15) is 0 Å². The molecule has 0 bridgehead atoms. The fourth-order valence-electron chi connectivity index (χ4n) is 2.74. The van der Waals surface area contributed by atoms with Gasteiger partial charge in [-0.15, -0.1) is 0 Å². The van der Waals surface area contributed by atoms with E-state index < -0.39 is 29.0 Å². The number of ether oxygens (including phenoxy) is 4. The van der Waals surface area contributed by atoms with Gasteiger partial charge in [-0.1, -0.05) is 0 Å². The zero-order valence-corrected chi connectivity index (χ0v) is 16.7. The van der Waals surface area contributed by atoms with E-state index in [0.29, 0.717) is 13.2 Å². The van der Waals surface area contributed by atoms with E-state index in [1.807, 2.05) is 0 Å². The fourth-order valence-corrected chi connectivity index (χ4v) is 2.74. The van der Waals surface area contributed by atoms with Gasteiger partial charge >= 0.3 is 29.0 Å². The van der Waals surface area contributed by atoms with Gasteiger partial charge in [-0.25, -0.2) is 28.1 Å². The predicted octanol–water partition coefficient (Wildman–Crippen LogP) is -1.85. The second-order valence-corrected chi connectivity index (χ2v) is 7.19. The minimum Gasteiger partial charge on any atom is -0.463 e. The molecule has 3 heterocycles. The van der Waals surface area contributed by atoms with Crippen molar-refractivity contribution in [2.75, 3.05) is 26.4 Å². The molecule has 0 aromatic carbocycles. The van der Waals surface area contributed by atoms with Crippen LogP contribution in [-0.4, -0.2) is 64.3 Å². The standard InChI is InChI=1S/C18H25N3O9/c1-19-16(24)20(6-2-4-14(22)29-10-12-8-27-12)18(26)21(17(19)25)7-3-5-15(23)30-11-13-9-28-13/h12-13H,2-11H2,1H3. The fraction of sp³-hybridized carbons (Fsp3) is 0.722. The number of hydrogen-bond acceptors (Lipinski definition) is 9. The van der Waals surface area contributed by atoms with Gasteiger partial charge in [0, 0.05) is 33.0 Å². The Labute approximate surface area is 170 Å². The Bertz CT molecular complexity index is 881. The van der Waals surface area contributed by atoms with Gasteiger partial charge in [0.2, 0.25) is 0 Å². The molecule has 12 heteroatoms. The Morgan fingerprint density at radius 2 is 1.23 bits per heavy atom. The normalized spacial score (nSPS) is 19.4. The smallest absolute Gasteiger partial charge is 0.336 e. The molecule has 2 aliphatic heterocycles. The van der Waals surface area contributed by atoms with E-state index in [9.17, 15) is 24.0 Å². The molecule has 0 radical (unpaired) electrons. The number of hydrogen-bond donors (Lipinski definition) is 0. The minimum absolute atomic E-state index is 0.0258. The molecule has 2 fully saturated rings. The van der Waals surface area contributed by atoms with Gasteiger partial charge in [0.15, 0.2) is 0 Å². The van der Waals surface area contributed by atoms with E-state index >= 15 is 0 Å². The molecule has 0 amide bonds. The van der Waals surface area contributed by atoms with Crippen LogP contribution in [0.15, 0.2) is 14.4 Å². The Balaban J connectivity index is 1.55. The molecule has 2 atom stereocenters. The molecule has 30 heavy (non-hydrogen) atoms. The number of carbonyl (C=O) groups is 2. The second-order valence-electron chi connectivity index (χ2n) is 7.19. The van der Waals surface area contributed by atoms with Crippen LogP contribution in [0.4, 0.5) is 0 Å². The summed E-state index contributed by atoms with van der Waals surface area (Å²) in [5.74, 6) is -0.891. The first kappa shape index (κ1) is 22.0. The summed E-state index contributed by atoms with van der Waals surface area (Å²) >= 11 is 0. The van der Waals surface area contributed by atoms with Crippen molar-refractivity contribution >= 4 is 11.9 Å². The molecule has 0 spiro atoms. The van der Waals surface area contributed by atoms with Gasteiger partial charge in [-0.05, 0) is 12.8 Å². The van der Waals surface area contributed by atoms with Crippen LogP contribution in [0.25, 0.3) is 0 Å². The number of epoxide rings is 2. The molecule has 0 N–H and O–H groups in total. The molecule has 2 unspecified atom stereocenters. The summed E-state index contributed by atoms with van der Waals surface area (Å²) in [6.45, 7) is 1.47. The lowest BCUT2D eigenvalue weighted by atomic mass is 10.3. The molecular weight excluding hydrogens is 402 g/mol. The number of aromatic nitrogens is 3. The highest BCUT2D eigenvalue weighted by atomic mass is 16.6. The SMILES string of the molecule is Cn1c(=O)n(CCCC(=O)OCC2CO2)c(=O)n(CCCC(=O)OCC2CO2)c1=O. The summed E-state index contributed by atoms with van der Waals surface area (Å²) in [4.78, 5) is 60.5. The Morgan fingerprint density at radius 3 is 1.60 bits per heavy atom. The number of carbonyl (C=O) groups excluding carboxylic acids is 2. The van der Waals surface area contributed by atoms with E-state index in [-0.39, 0.29) is 64.2 Å². The van der Waals surface area contributed by atoms with Gasteiger partial charge < -0.3 is 18.9 Å². The van der Waals surface area contributed by atoms with Crippen LogP contribution in [0.5, 0.6) is 0 Å². The Morgan fingerprint density at radius 1 is 0.833 bits per heavy atom. The maximum Gasteiger partial charge on any atom is 0.336 e. The van der Waals surface area contributed by atoms with E-state index in [2.05, 4.69) is 0 Å². The predicted molar refractivity (Wildman–Crippen MR) is 100 cm³/mol. The highest BCUT2D eigenvalue weighted by molar-refractivity contribution is 5.69. The van der Waals surface area contributed by atoms with Crippen molar-refractivity contribution < 1.29 is 28.5 Å². The first-order chi connectivity index (χ1) is 14.4. The summed E-state index contributed by atoms with van der Waals surface area (Å²) in [6.07, 6.45) is 0.384. The van der Waals surface area contributed by atoms with Gasteiger partial charge in [-0.3, -0.25) is 9.59 Å². The third-order valence-corrected chi connectivity index (χ3v) is 4.69. The van der Waals surface area contributed by atoms with Crippen molar-refractivity contribution in [1.82, 2.24) is 13.7 Å². The zero-order chi connectivity index (χ0) is 21.7. The first-order valence-electron chi connectivity index (χ1n) is 9.82. The van der Waals surface area contributed by atoms with Crippen molar-refractivity contribution in [1.29, 1.82) is 0 Å². The van der Waals surface area contributed by atoms with Crippen molar-refractivity contribution in [3.63, 3.8) is 0 Å². The van der Waals surface area contributed by atoms with Crippen LogP contribution in [0.1, 0.15) is 25.7 Å². The maximum atomic E-state index is 12.6. The van der Waals surface area contributed by atoms with Gasteiger partial charge in [0.25, 0.3) is 0 Å². The lowest BCUT2D eigenvalue weighted by Crippen LogP contribution is -2.53. The molecule has 166 valence electrons. The van der Waals surface area contributed by atoms with Crippen molar-refractivity contribution in [3.05, 3.63) is 31.5 Å². The Hall–Kier alpha value is -2.73. The highest BCUT2D eigenvalue weighted by Crippen LogP contribution is 2.10. The van der Waals surface area contributed by atoms with E-state index in [4.69, 9.17) is 18.9 Å². The molecule has 2 aliphatic rings. The molecule has 1 aromatic rings. The summed E-state index contributed by atoms with van der Waals surface area (Å²) in [7, 11) is 1.27. The second kappa shape index (κ2) is 9.85. The Kier molecular flexibility index (Phi) is 7.21. The van der Waals surface area contributed by atoms with E-state index in [1.54, 1.807) is 0 Å². The molecule has 2 saturated heterocycles. The summed E-state index contributed by atoms with van der Waals surface area (Å²) in [5.41, 5.74) is -2.29. The monoisotopic (exact) mass is 427 g/mol. The summed E-state index contributed by atoms with van der Waals surface area (Å²) in [6, 6.07) is 0. The van der Waals surface area contributed by atoms with Gasteiger partial charge in [0.1, 0.15) is 25.4 Å². The van der Waals surface area contributed by atoms with Crippen LogP contribution >= 0.6 is 0 Å². The average Bonchev–Trinajstić information content (AvgIpc) is 3.62. The van der Waals surface area contributed by atoms with Crippen molar-refractivity contribution in [3.8, 4) is 0 Å². The zero-order valence-electron chi connectivity index (χ0n) is 16.7. The quantitative estimate of drug-likeness (QED) is 0.277. The van der Waals surface area contributed by atoms with Crippen LogP contribution in [0, 0.1) is 0 Å². The highest BCUT2D eigenvalue weighted by Gasteiger charge is 2.25. The van der Waals surface area contributed by atoms with Crippen LogP contribution in [-0.2, 0) is 48.7 Å². The maximum absolute atomic E-state index is 12.6. The first-order valence-corrected chi connectivity index (χ1v) is 9.82. The van der Waals surface area contributed by atoms with Crippen molar-refractivity contribution in [2.24, 2.45) is 7.05 Å². The van der Waals surface area contributed by atoms with Gasteiger partial charge in [0.05, 0.1) is 13.2 Å². The van der Waals surface area contributed by atoms with Crippen molar-refractivity contribution in [2.45, 2.75) is 51.0 Å². The summed E-state index contributed by atoms with van der Waals surface area (Å²) in [5, 5.41) is 0. The molecule has 0 aliphatic carbocycles. The third-order valence-electron chi connectivity index (χ3n) is 4.69. The van der Waals surface area contributed by atoms with Crippen LogP contribution in [0.2, 0.25) is 0 Å².